The Balaban J connectivity index is 2.51. The number of amides is 1. The lowest BCUT2D eigenvalue weighted by molar-refractivity contribution is 0.0750. The van der Waals surface area contributed by atoms with E-state index in [2.05, 4.69) is 15.9 Å². The molecule has 20 heavy (non-hydrogen) atoms. The SMILES string of the molecule is CCN(C(=O)c1cc(F)cc(S(=O)(=O)Cl)c1Br)C1CC1. The van der Waals surface area contributed by atoms with Crippen molar-refractivity contribution in [3.63, 3.8) is 0 Å². The summed E-state index contributed by atoms with van der Waals surface area (Å²) in [5.74, 6) is -1.22. The van der Waals surface area contributed by atoms with E-state index in [9.17, 15) is 17.6 Å². The Kier molecular flexibility index (Phi) is 4.41. The molecule has 0 bridgehead atoms. The molecule has 1 aliphatic carbocycles. The van der Waals surface area contributed by atoms with Crippen molar-refractivity contribution in [2.24, 2.45) is 0 Å². The summed E-state index contributed by atoms with van der Waals surface area (Å²) >= 11 is 3.04. The molecule has 0 atom stereocenters. The third-order valence-electron chi connectivity index (χ3n) is 3.09. The van der Waals surface area contributed by atoms with E-state index in [1.54, 1.807) is 4.90 Å². The van der Waals surface area contributed by atoms with Crippen molar-refractivity contribution in [3.8, 4) is 0 Å². The Bertz CT molecular complexity index is 661. The first kappa shape index (κ1) is 15.7. The molecule has 0 unspecified atom stereocenters. The molecule has 0 N–H and O–H groups in total. The average molecular weight is 385 g/mol. The van der Waals surface area contributed by atoms with Gasteiger partial charge in [-0.25, -0.2) is 12.8 Å². The first-order valence-electron chi connectivity index (χ1n) is 6.00. The van der Waals surface area contributed by atoms with E-state index in [-0.39, 0.29) is 16.1 Å². The van der Waals surface area contributed by atoms with Crippen LogP contribution in [0.2, 0.25) is 0 Å². The van der Waals surface area contributed by atoms with Gasteiger partial charge in [0.05, 0.1) is 10.0 Å². The number of benzene rings is 1. The van der Waals surface area contributed by atoms with Crippen LogP contribution in [0, 0.1) is 5.82 Å². The zero-order valence-electron chi connectivity index (χ0n) is 10.6. The molecule has 0 spiro atoms. The van der Waals surface area contributed by atoms with Gasteiger partial charge in [0, 0.05) is 23.3 Å². The maximum Gasteiger partial charge on any atom is 0.262 e. The van der Waals surface area contributed by atoms with Gasteiger partial charge in [0.25, 0.3) is 15.0 Å². The lowest BCUT2D eigenvalue weighted by Gasteiger charge is -2.21. The van der Waals surface area contributed by atoms with Gasteiger partial charge < -0.3 is 4.90 Å². The van der Waals surface area contributed by atoms with Crippen LogP contribution in [0.3, 0.4) is 0 Å². The van der Waals surface area contributed by atoms with E-state index in [1.165, 1.54) is 0 Å². The fourth-order valence-corrected chi connectivity index (χ4v) is 4.27. The predicted molar refractivity (Wildman–Crippen MR) is 76.9 cm³/mol. The van der Waals surface area contributed by atoms with Gasteiger partial charge in [-0.2, -0.15) is 0 Å². The molecule has 0 heterocycles. The van der Waals surface area contributed by atoms with Crippen molar-refractivity contribution >= 4 is 41.6 Å². The quantitative estimate of drug-likeness (QED) is 0.749. The Morgan fingerprint density at radius 1 is 1.50 bits per heavy atom. The van der Waals surface area contributed by atoms with Crippen LogP contribution in [-0.2, 0) is 9.05 Å². The molecule has 0 aliphatic heterocycles. The second kappa shape index (κ2) is 5.61. The Morgan fingerprint density at radius 2 is 2.10 bits per heavy atom. The average Bonchev–Trinajstić information content (AvgIpc) is 3.15. The molecule has 1 aliphatic rings. The van der Waals surface area contributed by atoms with Gasteiger partial charge in [0.2, 0.25) is 0 Å². The van der Waals surface area contributed by atoms with Crippen molar-refractivity contribution in [3.05, 3.63) is 28.0 Å². The van der Waals surface area contributed by atoms with Crippen molar-refractivity contribution < 1.29 is 17.6 Å². The predicted octanol–water partition coefficient (Wildman–Crippen LogP) is 3.14. The van der Waals surface area contributed by atoms with Crippen LogP contribution in [-0.4, -0.2) is 31.8 Å². The molecule has 0 saturated heterocycles. The number of hydrogen-bond acceptors (Lipinski definition) is 3. The molecule has 1 saturated carbocycles. The summed E-state index contributed by atoms with van der Waals surface area (Å²) in [7, 11) is 1.12. The topological polar surface area (TPSA) is 54.5 Å². The van der Waals surface area contributed by atoms with Gasteiger partial charge in [0.1, 0.15) is 10.7 Å². The van der Waals surface area contributed by atoms with Gasteiger partial charge in [-0.3, -0.25) is 4.79 Å². The summed E-state index contributed by atoms with van der Waals surface area (Å²) in [6, 6.07) is 1.96. The minimum atomic E-state index is -4.13. The molecule has 110 valence electrons. The first-order valence-corrected chi connectivity index (χ1v) is 9.10. The molecule has 8 heteroatoms. The summed E-state index contributed by atoms with van der Waals surface area (Å²) in [4.78, 5) is 13.6. The number of carbonyl (C=O) groups excluding carboxylic acids is 1. The van der Waals surface area contributed by atoms with E-state index in [1.807, 2.05) is 6.92 Å². The monoisotopic (exact) mass is 383 g/mol. The lowest BCUT2D eigenvalue weighted by atomic mass is 10.2. The molecule has 0 aromatic heterocycles. The molecule has 2 rings (SSSR count). The number of nitrogens with zero attached hydrogens (tertiary/aromatic N) is 1. The van der Waals surface area contributed by atoms with Crippen molar-refractivity contribution in [1.82, 2.24) is 4.90 Å². The van der Waals surface area contributed by atoms with E-state index in [4.69, 9.17) is 10.7 Å². The van der Waals surface area contributed by atoms with Crippen molar-refractivity contribution in [2.75, 3.05) is 6.54 Å². The second-order valence-electron chi connectivity index (χ2n) is 4.53. The van der Waals surface area contributed by atoms with Gasteiger partial charge in [-0.1, -0.05) is 0 Å². The number of carbonyl (C=O) groups is 1. The third-order valence-corrected chi connectivity index (χ3v) is 5.55. The summed E-state index contributed by atoms with van der Waals surface area (Å²) in [5.41, 5.74) is -0.0297. The largest absolute Gasteiger partial charge is 0.336 e. The van der Waals surface area contributed by atoms with Crippen LogP contribution in [0.25, 0.3) is 0 Å². The Morgan fingerprint density at radius 3 is 2.55 bits per heavy atom. The second-order valence-corrected chi connectivity index (χ2v) is 7.85. The summed E-state index contributed by atoms with van der Waals surface area (Å²) in [6.07, 6.45) is 1.82. The minimum Gasteiger partial charge on any atom is -0.336 e. The summed E-state index contributed by atoms with van der Waals surface area (Å²) < 4.78 is 36.4. The van der Waals surface area contributed by atoms with Gasteiger partial charge in [-0.15, -0.1) is 0 Å². The lowest BCUT2D eigenvalue weighted by Crippen LogP contribution is -2.33. The maximum absolute atomic E-state index is 13.6. The third kappa shape index (κ3) is 3.15. The van der Waals surface area contributed by atoms with Crippen LogP contribution in [0.1, 0.15) is 30.1 Å². The van der Waals surface area contributed by atoms with E-state index in [0.717, 1.165) is 25.0 Å². The standard InChI is InChI=1S/C12H12BrClFNO3S/c1-2-16(8-3-4-8)12(17)9-5-7(15)6-10(11(9)13)20(14,18)19/h5-6,8H,2-4H2,1H3. The van der Waals surface area contributed by atoms with Crippen LogP contribution >= 0.6 is 26.6 Å². The fraction of sp³-hybridized carbons (Fsp3) is 0.417. The minimum absolute atomic E-state index is 0.00185. The first-order chi connectivity index (χ1) is 9.25. The maximum atomic E-state index is 13.6. The molecule has 1 aromatic rings. The van der Waals surface area contributed by atoms with Gasteiger partial charge in [-0.05, 0) is 47.8 Å². The number of rotatable bonds is 4. The highest BCUT2D eigenvalue weighted by Gasteiger charge is 2.33. The van der Waals surface area contributed by atoms with E-state index in [0.29, 0.717) is 6.54 Å². The molecule has 4 nitrogen and oxygen atoms in total. The number of halogens is 3. The van der Waals surface area contributed by atoms with Crippen LogP contribution in [0.15, 0.2) is 21.5 Å². The normalized spacial score (nSPS) is 15.2. The summed E-state index contributed by atoms with van der Waals surface area (Å²) in [6.45, 7) is 2.30. The van der Waals surface area contributed by atoms with E-state index < -0.39 is 25.7 Å². The van der Waals surface area contributed by atoms with Crippen molar-refractivity contribution in [2.45, 2.75) is 30.7 Å². The highest BCUT2D eigenvalue weighted by molar-refractivity contribution is 9.10. The smallest absolute Gasteiger partial charge is 0.262 e. The fourth-order valence-electron chi connectivity index (χ4n) is 2.01. The number of hydrogen-bond donors (Lipinski definition) is 0. The molecular weight excluding hydrogens is 373 g/mol. The van der Waals surface area contributed by atoms with Crippen LogP contribution < -0.4 is 0 Å². The zero-order valence-corrected chi connectivity index (χ0v) is 13.7. The van der Waals surface area contributed by atoms with Crippen molar-refractivity contribution in [1.29, 1.82) is 0 Å². The molecule has 1 fully saturated rings. The molecule has 1 amide bonds. The highest BCUT2D eigenvalue weighted by Crippen LogP contribution is 2.33. The molecule has 1 aromatic carbocycles. The Labute approximate surface area is 129 Å². The zero-order chi connectivity index (χ0) is 15.1. The molecule has 0 radical (unpaired) electrons. The van der Waals surface area contributed by atoms with Crippen LogP contribution in [0.5, 0.6) is 0 Å². The van der Waals surface area contributed by atoms with Gasteiger partial charge >= 0.3 is 0 Å². The van der Waals surface area contributed by atoms with Crippen LogP contribution in [0.4, 0.5) is 4.39 Å². The summed E-state index contributed by atoms with van der Waals surface area (Å²) in [5, 5.41) is 0. The highest BCUT2D eigenvalue weighted by atomic mass is 79.9. The Hall–Kier alpha value is -0.660. The molecular formula is C12H12BrClFNO3S. The van der Waals surface area contributed by atoms with E-state index >= 15 is 0 Å². The van der Waals surface area contributed by atoms with Gasteiger partial charge in [0.15, 0.2) is 0 Å².